The number of benzene rings is 1. The van der Waals surface area contributed by atoms with Crippen LogP contribution >= 0.6 is 0 Å². The van der Waals surface area contributed by atoms with Gasteiger partial charge in [-0.25, -0.2) is 8.78 Å². The van der Waals surface area contributed by atoms with Gasteiger partial charge >= 0.3 is 0 Å². The van der Waals surface area contributed by atoms with Crippen LogP contribution in [0, 0.1) is 11.6 Å². The van der Waals surface area contributed by atoms with Crippen LogP contribution in [0.2, 0.25) is 0 Å². The van der Waals surface area contributed by atoms with E-state index in [9.17, 15) is 8.78 Å². The zero-order chi connectivity index (χ0) is 10.4. The molecule has 1 rings (SSSR count). The smallest absolute Gasteiger partial charge is 0.133 e. The van der Waals surface area contributed by atoms with Crippen molar-refractivity contribution < 1.29 is 8.78 Å². The summed E-state index contributed by atoms with van der Waals surface area (Å²) in [6.45, 7) is 9.23. The van der Waals surface area contributed by atoms with Gasteiger partial charge in [0.15, 0.2) is 0 Å². The van der Waals surface area contributed by atoms with Gasteiger partial charge in [0.25, 0.3) is 0 Å². The van der Waals surface area contributed by atoms with Crippen LogP contribution in [0.1, 0.15) is 26.3 Å². The number of rotatable bonds is 1. The van der Waals surface area contributed by atoms with Gasteiger partial charge in [0, 0.05) is 11.6 Å². The normalized spacial score (nSPS) is 8.69. The topological polar surface area (TPSA) is 0 Å². The minimum atomic E-state index is -0.562. The van der Waals surface area contributed by atoms with Crippen molar-refractivity contribution >= 4 is 5.57 Å². The molecule has 0 radical (unpaired) electrons. The number of hydrogen-bond acceptors (Lipinski definition) is 0. The summed E-state index contributed by atoms with van der Waals surface area (Å²) < 4.78 is 25.1. The Hall–Kier alpha value is -1.18. The first-order valence-corrected chi connectivity index (χ1v) is 4.22. The van der Waals surface area contributed by atoms with E-state index in [1.165, 1.54) is 12.1 Å². The summed E-state index contributed by atoms with van der Waals surface area (Å²) in [5.74, 6) is -1.12. The molecule has 0 saturated heterocycles. The lowest BCUT2D eigenvalue weighted by Gasteiger charge is -2.00. The van der Waals surface area contributed by atoms with Gasteiger partial charge in [-0.1, -0.05) is 20.4 Å². The van der Waals surface area contributed by atoms with E-state index < -0.39 is 11.6 Å². The van der Waals surface area contributed by atoms with Crippen LogP contribution in [-0.4, -0.2) is 0 Å². The fraction of sp³-hybridized carbons (Fsp3) is 0.273. The van der Waals surface area contributed by atoms with E-state index in [1.807, 2.05) is 13.8 Å². The van der Waals surface area contributed by atoms with E-state index in [1.54, 1.807) is 6.92 Å². The maximum absolute atomic E-state index is 12.8. The maximum atomic E-state index is 12.8. The lowest BCUT2D eigenvalue weighted by molar-refractivity contribution is 0.581. The molecule has 0 aromatic heterocycles. The molecule has 0 aliphatic rings. The van der Waals surface area contributed by atoms with Crippen LogP contribution in [0.3, 0.4) is 0 Å². The summed E-state index contributed by atoms with van der Waals surface area (Å²) in [6, 6.07) is 3.45. The van der Waals surface area contributed by atoms with Crippen molar-refractivity contribution in [3.05, 3.63) is 42.0 Å². The Balaban J connectivity index is 0.000000671. The molecule has 0 N–H and O–H groups in total. The van der Waals surface area contributed by atoms with Gasteiger partial charge in [0.1, 0.15) is 11.6 Å². The molecule has 0 bridgehead atoms. The van der Waals surface area contributed by atoms with Crippen molar-refractivity contribution in [2.24, 2.45) is 0 Å². The van der Waals surface area contributed by atoms with Gasteiger partial charge in [-0.05, 0) is 24.6 Å². The van der Waals surface area contributed by atoms with Gasteiger partial charge in [-0.2, -0.15) is 0 Å². The standard InChI is InChI=1S/C9H8F2.C2H6/c1-6(2)8-4-3-7(10)5-9(8)11;1-2/h3-5H,1H2,2H3;1-2H3. The molecule has 0 heterocycles. The lowest BCUT2D eigenvalue weighted by atomic mass is 10.1. The molecule has 0 spiro atoms. The van der Waals surface area contributed by atoms with Gasteiger partial charge in [0.05, 0.1) is 0 Å². The van der Waals surface area contributed by atoms with Gasteiger partial charge in [0.2, 0.25) is 0 Å². The second-order valence-corrected chi connectivity index (χ2v) is 2.40. The zero-order valence-corrected chi connectivity index (χ0v) is 8.20. The van der Waals surface area contributed by atoms with Crippen molar-refractivity contribution in [1.82, 2.24) is 0 Å². The predicted molar refractivity (Wildman–Crippen MR) is 52.4 cm³/mol. The highest BCUT2D eigenvalue weighted by molar-refractivity contribution is 5.61. The predicted octanol–water partition coefficient (Wildman–Crippen LogP) is 4.02. The Morgan fingerprint density at radius 2 is 1.77 bits per heavy atom. The molecule has 1 aromatic rings. The third-order valence-electron chi connectivity index (χ3n) is 1.39. The van der Waals surface area contributed by atoms with E-state index in [4.69, 9.17) is 0 Å². The average molecular weight is 184 g/mol. The first-order valence-electron chi connectivity index (χ1n) is 4.22. The van der Waals surface area contributed by atoms with E-state index in [-0.39, 0.29) is 0 Å². The van der Waals surface area contributed by atoms with Crippen LogP contribution in [0.5, 0.6) is 0 Å². The molecule has 0 fully saturated rings. The second-order valence-electron chi connectivity index (χ2n) is 2.40. The zero-order valence-electron chi connectivity index (χ0n) is 8.20. The molecule has 2 heteroatoms. The minimum absolute atomic E-state index is 0.367. The SMILES string of the molecule is C=C(C)c1ccc(F)cc1F.CC. The van der Waals surface area contributed by atoms with Gasteiger partial charge in [-0.15, -0.1) is 0 Å². The number of hydrogen-bond donors (Lipinski definition) is 0. The molecule has 0 aliphatic heterocycles. The molecule has 13 heavy (non-hydrogen) atoms. The highest BCUT2D eigenvalue weighted by Gasteiger charge is 2.02. The monoisotopic (exact) mass is 184 g/mol. The van der Waals surface area contributed by atoms with Crippen molar-refractivity contribution in [3.63, 3.8) is 0 Å². The van der Waals surface area contributed by atoms with Crippen molar-refractivity contribution in [2.75, 3.05) is 0 Å². The summed E-state index contributed by atoms with van der Waals surface area (Å²) in [5.41, 5.74) is 0.967. The largest absolute Gasteiger partial charge is 0.207 e. The Morgan fingerprint density at radius 1 is 1.23 bits per heavy atom. The molecule has 0 aliphatic carbocycles. The summed E-state index contributed by atoms with van der Waals surface area (Å²) >= 11 is 0. The number of allylic oxidation sites excluding steroid dienone is 1. The third kappa shape index (κ3) is 3.36. The highest BCUT2D eigenvalue weighted by Crippen LogP contribution is 2.16. The lowest BCUT2D eigenvalue weighted by Crippen LogP contribution is -1.86. The maximum Gasteiger partial charge on any atom is 0.133 e. The van der Waals surface area contributed by atoms with Crippen LogP contribution in [0.15, 0.2) is 24.8 Å². The Bertz CT molecular complexity index is 290. The van der Waals surface area contributed by atoms with Crippen molar-refractivity contribution in [1.29, 1.82) is 0 Å². The fourth-order valence-corrected chi connectivity index (χ4v) is 0.836. The van der Waals surface area contributed by atoms with Crippen LogP contribution in [-0.2, 0) is 0 Å². The van der Waals surface area contributed by atoms with Crippen LogP contribution < -0.4 is 0 Å². The Kier molecular flexibility index (Phi) is 4.97. The molecule has 0 saturated carbocycles. The minimum Gasteiger partial charge on any atom is -0.207 e. The average Bonchev–Trinajstić information content (AvgIpc) is 2.07. The Labute approximate surface area is 77.9 Å². The van der Waals surface area contributed by atoms with E-state index in [0.717, 1.165) is 6.07 Å². The summed E-state index contributed by atoms with van der Waals surface area (Å²) in [7, 11) is 0. The Morgan fingerprint density at radius 3 is 2.15 bits per heavy atom. The van der Waals surface area contributed by atoms with Crippen LogP contribution in [0.4, 0.5) is 8.78 Å². The van der Waals surface area contributed by atoms with Crippen molar-refractivity contribution in [2.45, 2.75) is 20.8 Å². The summed E-state index contributed by atoms with van der Waals surface area (Å²) in [6.07, 6.45) is 0. The highest BCUT2D eigenvalue weighted by atomic mass is 19.1. The fourth-order valence-electron chi connectivity index (χ4n) is 0.836. The number of halogens is 2. The molecule has 0 atom stereocenters. The quantitative estimate of drug-likeness (QED) is 0.618. The summed E-state index contributed by atoms with van der Waals surface area (Å²) in [5, 5.41) is 0. The van der Waals surface area contributed by atoms with Gasteiger partial charge < -0.3 is 0 Å². The van der Waals surface area contributed by atoms with Crippen LogP contribution in [0.25, 0.3) is 5.57 Å². The molecule has 72 valence electrons. The summed E-state index contributed by atoms with van der Waals surface area (Å²) in [4.78, 5) is 0. The van der Waals surface area contributed by atoms with E-state index in [0.29, 0.717) is 11.1 Å². The molecule has 0 nitrogen and oxygen atoms in total. The van der Waals surface area contributed by atoms with E-state index in [2.05, 4.69) is 6.58 Å². The molecular weight excluding hydrogens is 170 g/mol. The molecule has 1 aromatic carbocycles. The first-order chi connectivity index (χ1) is 6.11. The van der Waals surface area contributed by atoms with E-state index >= 15 is 0 Å². The first kappa shape index (κ1) is 11.8. The second kappa shape index (κ2) is 5.46. The van der Waals surface area contributed by atoms with Crippen molar-refractivity contribution in [3.8, 4) is 0 Å². The van der Waals surface area contributed by atoms with Gasteiger partial charge in [-0.3, -0.25) is 0 Å². The molecule has 0 unspecified atom stereocenters. The third-order valence-corrected chi connectivity index (χ3v) is 1.39. The molecular formula is C11H14F2. The molecule has 0 amide bonds.